The second-order valence-corrected chi connectivity index (χ2v) is 7.83. The lowest BCUT2D eigenvalue weighted by Crippen LogP contribution is -2.30. The summed E-state index contributed by atoms with van der Waals surface area (Å²) in [6, 6.07) is 7.81. The van der Waals surface area contributed by atoms with E-state index in [9.17, 15) is 17.6 Å². The number of fused-ring (bicyclic) bond motifs is 1. The average Bonchev–Trinajstić information content (AvgIpc) is 3.22. The molecule has 0 saturated carbocycles. The number of anilines is 1. The van der Waals surface area contributed by atoms with Gasteiger partial charge < -0.3 is 9.88 Å². The van der Waals surface area contributed by atoms with Crippen LogP contribution in [0, 0.1) is 5.82 Å². The number of H-pyrrole nitrogens is 1. The lowest BCUT2D eigenvalue weighted by molar-refractivity contribution is -0.137. The molecule has 1 aliphatic rings. The number of imidazole rings is 1. The van der Waals surface area contributed by atoms with Gasteiger partial charge in [0.15, 0.2) is 0 Å². The van der Waals surface area contributed by atoms with Crippen LogP contribution in [0.1, 0.15) is 24.8 Å². The fraction of sp³-hybridized carbons (Fsp3) is 0.261. The molecule has 5 rings (SSSR count). The zero-order valence-corrected chi connectivity index (χ0v) is 17.0. The normalized spacial score (nSPS) is 14.8. The van der Waals surface area contributed by atoms with E-state index < -0.39 is 17.6 Å². The van der Waals surface area contributed by atoms with Gasteiger partial charge in [0.1, 0.15) is 11.6 Å². The van der Waals surface area contributed by atoms with Gasteiger partial charge >= 0.3 is 6.18 Å². The summed E-state index contributed by atoms with van der Waals surface area (Å²) < 4.78 is 53.7. The van der Waals surface area contributed by atoms with Crippen LogP contribution in [0.25, 0.3) is 33.5 Å². The van der Waals surface area contributed by atoms with Crippen molar-refractivity contribution in [3.63, 3.8) is 0 Å². The number of nitrogens with one attached hydrogen (secondary N) is 1. The highest BCUT2D eigenvalue weighted by molar-refractivity contribution is 5.80. The minimum atomic E-state index is -4.46. The van der Waals surface area contributed by atoms with Gasteiger partial charge in [-0.1, -0.05) is 6.07 Å². The quantitative estimate of drug-likeness (QED) is 0.406. The average molecular weight is 441 g/mol. The number of hydrogen-bond acceptors (Lipinski definition) is 4. The first-order valence-electron chi connectivity index (χ1n) is 10.3. The topological polar surface area (TPSA) is 57.7 Å². The van der Waals surface area contributed by atoms with Crippen molar-refractivity contribution in [2.75, 3.05) is 18.0 Å². The van der Waals surface area contributed by atoms with Crippen LogP contribution >= 0.6 is 0 Å². The maximum atomic E-state index is 14.9. The number of nitrogens with zero attached hydrogens (tertiary/aromatic N) is 4. The molecule has 0 bridgehead atoms. The van der Waals surface area contributed by atoms with E-state index in [0.29, 0.717) is 22.6 Å². The lowest BCUT2D eigenvalue weighted by Gasteiger charge is -2.26. The maximum absolute atomic E-state index is 14.9. The van der Waals surface area contributed by atoms with Gasteiger partial charge in [-0.3, -0.25) is 0 Å². The number of alkyl halides is 3. The number of piperidine rings is 1. The van der Waals surface area contributed by atoms with Crippen LogP contribution in [0.3, 0.4) is 0 Å². The van der Waals surface area contributed by atoms with Crippen LogP contribution in [0.4, 0.5) is 23.5 Å². The molecular weight excluding hydrogens is 422 g/mol. The van der Waals surface area contributed by atoms with Crippen LogP contribution in [-0.2, 0) is 6.18 Å². The molecule has 5 nitrogen and oxygen atoms in total. The Bertz CT molecular complexity index is 1260. The summed E-state index contributed by atoms with van der Waals surface area (Å²) in [6.45, 7) is 1.87. The summed E-state index contributed by atoms with van der Waals surface area (Å²) in [5.74, 6) is 0.295. The van der Waals surface area contributed by atoms with Crippen molar-refractivity contribution in [2.45, 2.75) is 25.4 Å². The first kappa shape index (κ1) is 20.4. The molecule has 4 aromatic rings. The molecule has 0 amide bonds. The molecule has 0 unspecified atom stereocenters. The third-order valence-electron chi connectivity index (χ3n) is 5.64. The summed E-state index contributed by atoms with van der Waals surface area (Å²) in [4.78, 5) is 18.0. The third-order valence-corrected chi connectivity index (χ3v) is 5.64. The molecule has 0 aliphatic carbocycles. The number of aromatic nitrogens is 4. The number of aromatic amines is 1. The first-order chi connectivity index (χ1) is 15.4. The van der Waals surface area contributed by atoms with E-state index in [1.165, 1.54) is 18.6 Å². The molecule has 9 heteroatoms. The summed E-state index contributed by atoms with van der Waals surface area (Å²) in [5, 5.41) is 0. The van der Waals surface area contributed by atoms with E-state index in [2.05, 4.69) is 24.8 Å². The number of hydrogen-bond donors (Lipinski definition) is 1. The largest absolute Gasteiger partial charge is 0.416 e. The van der Waals surface area contributed by atoms with Crippen molar-refractivity contribution in [3.05, 3.63) is 60.2 Å². The predicted molar refractivity (Wildman–Crippen MR) is 114 cm³/mol. The van der Waals surface area contributed by atoms with E-state index >= 15 is 0 Å². The lowest BCUT2D eigenvalue weighted by atomic mass is 10.1. The Labute approximate surface area is 181 Å². The zero-order chi connectivity index (χ0) is 22.3. The van der Waals surface area contributed by atoms with Gasteiger partial charge in [0.25, 0.3) is 0 Å². The van der Waals surface area contributed by atoms with Gasteiger partial charge in [0, 0.05) is 31.0 Å². The molecule has 0 atom stereocenters. The smallest absolute Gasteiger partial charge is 0.341 e. The van der Waals surface area contributed by atoms with E-state index in [0.717, 1.165) is 38.1 Å². The summed E-state index contributed by atoms with van der Waals surface area (Å²) in [6.07, 6.45) is 2.34. The van der Waals surface area contributed by atoms with Crippen molar-refractivity contribution >= 4 is 17.0 Å². The fourth-order valence-corrected chi connectivity index (χ4v) is 3.93. The van der Waals surface area contributed by atoms with Crippen LogP contribution in [0.2, 0.25) is 0 Å². The van der Waals surface area contributed by atoms with Crippen LogP contribution in [0.15, 0.2) is 48.8 Å². The van der Waals surface area contributed by atoms with E-state index in [1.54, 1.807) is 24.5 Å². The van der Waals surface area contributed by atoms with E-state index in [4.69, 9.17) is 0 Å². The molecule has 0 spiro atoms. The number of rotatable bonds is 3. The van der Waals surface area contributed by atoms with Gasteiger partial charge in [0.2, 0.25) is 5.95 Å². The Kier molecular flexibility index (Phi) is 5.03. The van der Waals surface area contributed by atoms with Crippen molar-refractivity contribution in [1.29, 1.82) is 0 Å². The highest BCUT2D eigenvalue weighted by atomic mass is 19.4. The summed E-state index contributed by atoms with van der Waals surface area (Å²) >= 11 is 0. The predicted octanol–water partition coefficient (Wildman–Crippen LogP) is 5.84. The Morgan fingerprint density at radius 3 is 2.31 bits per heavy atom. The van der Waals surface area contributed by atoms with Crippen molar-refractivity contribution in [1.82, 2.24) is 19.9 Å². The maximum Gasteiger partial charge on any atom is 0.416 e. The highest BCUT2D eigenvalue weighted by Crippen LogP contribution is 2.33. The molecule has 1 N–H and O–H groups in total. The van der Waals surface area contributed by atoms with Crippen molar-refractivity contribution < 1.29 is 17.6 Å². The van der Waals surface area contributed by atoms with Crippen LogP contribution < -0.4 is 4.90 Å². The molecular formula is C23H19F4N5. The standard InChI is InChI=1S/C23H19F4N5/c24-18-10-14(15-12-28-22(29-13-15)32-8-2-1-3-9-32)4-6-17(18)21-30-19-7-5-16(23(25,26)27)11-20(19)31-21/h4-7,10-13H,1-3,8-9H2,(H,30,31). The molecule has 164 valence electrons. The van der Waals surface area contributed by atoms with Crippen LogP contribution in [-0.4, -0.2) is 33.0 Å². The van der Waals surface area contributed by atoms with Gasteiger partial charge in [-0.05, 0) is 55.2 Å². The van der Waals surface area contributed by atoms with E-state index in [-0.39, 0.29) is 16.9 Å². The van der Waals surface area contributed by atoms with Crippen LogP contribution in [0.5, 0.6) is 0 Å². The molecule has 3 heterocycles. The Hall–Kier alpha value is -3.49. The minimum absolute atomic E-state index is 0.167. The zero-order valence-electron chi connectivity index (χ0n) is 17.0. The second-order valence-electron chi connectivity index (χ2n) is 7.83. The molecule has 1 fully saturated rings. The fourth-order valence-electron chi connectivity index (χ4n) is 3.93. The Balaban J connectivity index is 1.42. The molecule has 0 radical (unpaired) electrons. The van der Waals surface area contributed by atoms with Gasteiger partial charge in [-0.25, -0.2) is 19.3 Å². The number of halogens is 4. The monoisotopic (exact) mass is 441 g/mol. The highest BCUT2D eigenvalue weighted by Gasteiger charge is 2.30. The molecule has 32 heavy (non-hydrogen) atoms. The van der Waals surface area contributed by atoms with Crippen molar-refractivity contribution in [3.8, 4) is 22.5 Å². The Morgan fingerprint density at radius 2 is 1.62 bits per heavy atom. The van der Waals surface area contributed by atoms with Gasteiger partial charge in [0.05, 0.1) is 22.2 Å². The third kappa shape index (κ3) is 3.90. The Morgan fingerprint density at radius 1 is 0.875 bits per heavy atom. The SMILES string of the molecule is Fc1cc(-c2cnc(N3CCCCC3)nc2)ccc1-c1nc2ccc(C(F)(F)F)cc2[nH]1. The molecule has 2 aromatic heterocycles. The number of benzene rings is 2. The molecule has 1 saturated heterocycles. The van der Waals surface area contributed by atoms with E-state index in [1.807, 2.05) is 0 Å². The molecule has 2 aromatic carbocycles. The van der Waals surface area contributed by atoms with Crippen molar-refractivity contribution in [2.24, 2.45) is 0 Å². The first-order valence-corrected chi connectivity index (χ1v) is 10.3. The summed E-state index contributed by atoms with van der Waals surface area (Å²) in [5.41, 5.74) is 1.19. The summed E-state index contributed by atoms with van der Waals surface area (Å²) in [7, 11) is 0. The second kappa shape index (κ2) is 7.89. The molecule has 1 aliphatic heterocycles. The van der Waals surface area contributed by atoms with Gasteiger partial charge in [-0.15, -0.1) is 0 Å². The van der Waals surface area contributed by atoms with Gasteiger partial charge in [-0.2, -0.15) is 13.2 Å². The minimum Gasteiger partial charge on any atom is -0.341 e.